The average molecular weight is 221 g/mol. The molecular weight excluding hydrogens is 206 g/mol. The van der Waals surface area contributed by atoms with Gasteiger partial charge < -0.3 is 10.2 Å². The highest BCUT2D eigenvalue weighted by atomic mass is 32.2. The number of para-hydroxylation sites is 1. The van der Waals surface area contributed by atoms with Crippen LogP contribution >= 0.6 is 11.8 Å². The van der Waals surface area contributed by atoms with Crippen molar-refractivity contribution in [1.82, 2.24) is 0 Å². The lowest BCUT2D eigenvalue weighted by atomic mass is 10.0. The molecule has 2 aromatic rings. The highest BCUT2D eigenvalue weighted by molar-refractivity contribution is 7.98. The van der Waals surface area contributed by atoms with E-state index in [0.717, 1.165) is 28.7 Å². The van der Waals surface area contributed by atoms with Crippen molar-refractivity contribution < 1.29 is 4.42 Å². The van der Waals surface area contributed by atoms with Crippen LogP contribution in [0.3, 0.4) is 0 Å². The molecule has 1 heterocycles. The molecule has 0 aliphatic heterocycles. The molecule has 0 amide bonds. The molecule has 1 atom stereocenters. The number of fused-ring (bicyclic) bond motifs is 1. The molecule has 2 nitrogen and oxygen atoms in total. The number of hydrogen-bond donors (Lipinski definition) is 1. The molecule has 1 aromatic heterocycles. The fraction of sp³-hybridized carbons (Fsp3) is 0.333. The van der Waals surface area contributed by atoms with E-state index in [1.54, 1.807) is 6.26 Å². The van der Waals surface area contributed by atoms with Crippen LogP contribution in [0.2, 0.25) is 0 Å². The summed E-state index contributed by atoms with van der Waals surface area (Å²) in [5.41, 5.74) is 8.17. The van der Waals surface area contributed by atoms with Crippen LogP contribution in [0.1, 0.15) is 18.0 Å². The molecule has 0 saturated carbocycles. The van der Waals surface area contributed by atoms with Crippen LogP contribution in [0.4, 0.5) is 0 Å². The second-order valence-corrected chi connectivity index (χ2v) is 4.56. The SMILES string of the molecule is CSCCC(N)c1coc2ccccc12. The van der Waals surface area contributed by atoms with Crippen molar-refractivity contribution in [2.24, 2.45) is 5.73 Å². The highest BCUT2D eigenvalue weighted by Crippen LogP contribution is 2.27. The van der Waals surface area contributed by atoms with Gasteiger partial charge in [-0.1, -0.05) is 18.2 Å². The van der Waals surface area contributed by atoms with Crippen LogP contribution < -0.4 is 5.73 Å². The van der Waals surface area contributed by atoms with E-state index in [0.29, 0.717) is 0 Å². The molecule has 1 unspecified atom stereocenters. The Balaban J connectivity index is 2.27. The molecular formula is C12H15NOS. The maximum absolute atomic E-state index is 6.12. The molecule has 0 aliphatic rings. The Morgan fingerprint density at radius 1 is 1.40 bits per heavy atom. The van der Waals surface area contributed by atoms with Crippen molar-refractivity contribution in [1.29, 1.82) is 0 Å². The second kappa shape index (κ2) is 4.73. The smallest absolute Gasteiger partial charge is 0.134 e. The van der Waals surface area contributed by atoms with Crippen LogP contribution in [-0.2, 0) is 0 Å². The zero-order valence-electron chi connectivity index (χ0n) is 8.77. The van der Waals surface area contributed by atoms with Gasteiger partial charge in [0.1, 0.15) is 5.58 Å². The Labute approximate surface area is 93.8 Å². The normalized spacial score (nSPS) is 13.2. The van der Waals surface area contributed by atoms with E-state index in [1.165, 1.54) is 0 Å². The first-order valence-electron chi connectivity index (χ1n) is 5.03. The zero-order chi connectivity index (χ0) is 10.7. The van der Waals surface area contributed by atoms with Crippen molar-refractivity contribution in [3.63, 3.8) is 0 Å². The summed E-state index contributed by atoms with van der Waals surface area (Å²) in [6.45, 7) is 0. The van der Waals surface area contributed by atoms with Crippen molar-refractivity contribution in [3.05, 3.63) is 36.1 Å². The number of thioether (sulfide) groups is 1. The van der Waals surface area contributed by atoms with Gasteiger partial charge in [0.05, 0.1) is 6.26 Å². The molecule has 0 fully saturated rings. The number of hydrogen-bond acceptors (Lipinski definition) is 3. The van der Waals surface area contributed by atoms with Crippen LogP contribution in [0.15, 0.2) is 34.9 Å². The Morgan fingerprint density at radius 3 is 3.00 bits per heavy atom. The van der Waals surface area contributed by atoms with Gasteiger partial charge in [-0.2, -0.15) is 11.8 Å². The molecule has 15 heavy (non-hydrogen) atoms. The summed E-state index contributed by atoms with van der Waals surface area (Å²) in [7, 11) is 0. The van der Waals surface area contributed by atoms with Crippen molar-refractivity contribution in [2.45, 2.75) is 12.5 Å². The summed E-state index contributed by atoms with van der Waals surface area (Å²) in [5, 5.41) is 1.14. The first kappa shape index (κ1) is 10.6. The fourth-order valence-corrected chi connectivity index (χ4v) is 2.18. The molecule has 2 N–H and O–H groups in total. The number of furan rings is 1. The molecule has 0 spiro atoms. The van der Waals surface area contributed by atoms with Crippen molar-refractivity contribution in [3.8, 4) is 0 Å². The molecule has 0 radical (unpaired) electrons. The molecule has 2 rings (SSSR count). The van der Waals surface area contributed by atoms with Crippen LogP contribution in [0, 0.1) is 0 Å². The van der Waals surface area contributed by atoms with Gasteiger partial charge in [0.2, 0.25) is 0 Å². The van der Waals surface area contributed by atoms with Crippen LogP contribution in [0.5, 0.6) is 0 Å². The largest absolute Gasteiger partial charge is 0.464 e. The minimum absolute atomic E-state index is 0.0844. The number of nitrogens with two attached hydrogens (primary N) is 1. The van der Waals surface area contributed by atoms with E-state index in [2.05, 4.69) is 12.3 Å². The lowest BCUT2D eigenvalue weighted by Gasteiger charge is -2.08. The van der Waals surface area contributed by atoms with Gasteiger partial charge in [-0.05, 0) is 24.5 Å². The third kappa shape index (κ3) is 2.19. The fourth-order valence-electron chi connectivity index (χ4n) is 1.69. The second-order valence-electron chi connectivity index (χ2n) is 3.58. The standard InChI is InChI=1S/C12H15NOS/c1-15-7-6-11(13)10-8-14-12-5-3-2-4-9(10)12/h2-5,8,11H,6-7,13H2,1H3. The minimum Gasteiger partial charge on any atom is -0.464 e. The molecule has 80 valence electrons. The molecule has 3 heteroatoms. The summed E-state index contributed by atoms with van der Waals surface area (Å²) in [6.07, 6.45) is 4.88. The highest BCUT2D eigenvalue weighted by Gasteiger charge is 2.12. The predicted octanol–water partition coefficient (Wildman–Crippen LogP) is 3.19. The van der Waals surface area contributed by atoms with Gasteiger partial charge in [-0.15, -0.1) is 0 Å². The summed E-state index contributed by atoms with van der Waals surface area (Å²) in [6, 6.07) is 8.11. The predicted molar refractivity (Wildman–Crippen MR) is 66.1 cm³/mol. The molecule has 0 aliphatic carbocycles. The van der Waals surface area contributed by atoms with Gasteiger partial charge >= 0.3 is 0 Å². The lowest BCUT2D eigenvalue weighted by molar-refractivity contribution is 0.597. The Bertz CT molecular complexity index is 438. The van der Waals surface area contributed by atoms with Gasteiger partial charge in [0.15, 0.2) is 0 Å². The summed E-state index contributed by atoms with van der Waals surface area (Å²) < 4.78 is 5.46. The Hall–Kier alpha value is -0.930. The van der Waals surface area contributed by atoms with Crippen molar-refractivity contribution in [2.75, 3.05) is 12.0 Å². The van der Waals surface area contributed by atoms with E-state index in [-0.39, 0.29) is 6.04 Å². The minimum atomic E-state index is 0.0844. The van der Waals surface area contributed by atoms with Gasteiger partial charge in [0, 0.05) is 17.0 Å². The topological polar surface area (TPSA) is 39.2 Å². The lowest BCUT2D eigenvalue weighted by Crippen LogP contribution is -2.10. The third-order valence-corrected chi connectivity index (χ3v) is 3.19. The summed E-state index contributed by atoms with van der Waals surface area (Å²) in [5.74, 6) is 1.08. The van der Waals surface area contributed by atoms with E-state index in [4.69, 9.17) is 10.2 Å². The third-order valence-electron chi connectivity index (χ3n) is 2.54. The Morgan fingerprint density at radius 2 is 2.20 bits per heavy atom. The van der Waals surface area contributed by atoms with E-state index < -0.39 is 0 Å². The molecule has 0 saturated heterocycles. The molecule has 1 aromatic carbocycles. The van der Waals surface area contributed by atoms with E-state index in [9.17, 15) is 0 Å². The van der Waals surface area contributed by atoms with E-state index >= 15 is 0 Å². The maximum Gasteiger partial charge on any atom is 0.134 e. The molecule has 0 bridgehead atoms. The maximum atomic E-state index is 6.12. The first-order valence-corrected chi connectivity index (χ1v) is 6.43. The quantitative estimate of drug-likeness (QED) is 0.861. The number of benzene rings is 1. The van der Waals surface area contributed by atoms with Crippen LogP contribution in [0.25, 0.3) is 11.0 Å². The van der Waals surface area contributed by atoms with Gasteiger partial charge in [0.25, 0.3) is 0 Å². The van der Waals surface area contributed by atoms with E-state index in [1.807, 2.05) is 30.0 Å². The average Bonchev–Trinajstić information content (AvgIpc) is 2.69. The van der Waals surface area contributed by atoms with Crippen LogP contribution in [-0.4, -0.2) is 12.0 Å². The van der Waals surface area contributed by atoms with Crippen molar-refractivity contribution >= 4 is 22.7 Å². The first-order chi connectivity index (χ1) is 7.33. The zero-order valence-corrected chi connectivity index (χ0v) is 9.59. The van der Waals surface area contributed by atoms with Gasteiger partial charge in [-0.25, -0.2) is 0 Å². The summed E-state index contributed by atoms with van der Waals surface area (Å²) in [4.78, 5) is 0. The summed E-state index contributed by atoms with van der Waals surface area (Å²) >= 11 is 1.82. The number of rotatable bonds is 4. The Kier molecular flexibility index (Phi) is 3.34. The van der Waals surface area contributed by atoms with Gasteiger partial charge in [-0.3, -0.25) is 0 Å². The monoisotopic (exact) mass is 221 g/mol.